The summed E-state index contributed by atoms with van der Waals surface area (Å²) in [5.41, 5.74) is -2.30. The van der Waals surface area contributed by atoms with E-state index in [0.29, 0.717) is 21.5 Å². The summed E-state index contributed by atoms with van der Waals surface area (Å²) in [6, 6.07) is 6.83. The highest BCUT2D eigenvalue weighted by Crippen LogP contribution is 2.54. The van der Waals surface area contributed by atoms with Crippen LogP contribution in [0.1, 0.15) is 31.6 Å². The second-order valence-electron chi connectivity index (χ2n) is 8.49. The second kappa shape index (κ2) is 7.88. The Bertz CT molecular complexity index is 1160. The molecule has 0 aliphatic heterocycles. The van der Waals surface area contributed by atoms with E-state index in [1.54, 1.807) is 44.6 Å². The molecule has 0 radical (unpaired) electrons. The van der Waals surface area contributed by atoms with Crippen LogP contribution in [-0.4, -0.2) is 46.6 Å². The summed E-state index contributed by atoms with van der Waals surface area (Å²) in [6.45, 7) is 8.15. The van der Waals surface area contributed by atoms with E-state index in [1.807, 2.05) is 0 Å². The lowest BCUT2D eigenvalue weighted by Gasteiger charge is -2.43. The first kappa shape index (κ1) is 23.2. The van der Waals surface area contributed by atoms with Gasteiger partial charge in [-0.05, 0) is 38.5 Å². The molecule has 1 aliphatic carbocycles. The zero-order chi connectivity index (χ0) is 23.3. The molecule has 2 unspecified atom stereocenters. The van der Waals surface area contributed by atoms with Crippen molar-refractivity contribution < 1.29 is 19.2 Å². The summed E-state index contributed by atoms with van der Waals surface area (Å²) in [5.74, 6) is -1.80. The molecule has 8 heteroatoms. The number of hydrogen-bond donors (Lipinski definition) is 0. The monoisotopic (exact) mass is 458 g/mol. The molecular weight excluding hydrogens is 436 g/mol. The van der Waals surface area contributed by atoms with Crippen LogP contribution in [0.2, 0.25) is 5.02 Å². The van der Waals surface area contributed by atoms with Gasteiger partial charge in [-0.25, -0.2) is 0 Å². The Labute approximate surface area is 190 Å². The first-order valence-electron chi connectivity index (χ1n) is 9.59. The van der Waals surface area contributed by atoms with E-state index in [0.717, 1.165) is 11.8 Å². The Hall–Kier alpha value is -2.51. The minimum atomic E-state index is -1.69. The molecule has 2 atom stereocenters. The normalized spacial score (nSPS) is 22.0. The van der Waals surface area contributed by atoms with Crippen molar-refractivity contribution in [3.63, 3.8) is 0 Å². The molecule has 162 valence electrons. The lowest BCUT2D eigenvalue weighted by atomic mass is 9.58. The molecule has 0 spiro atoms. The van der Waals surface area contributed by atoms with Crippen molar-refractivity contribution in [3.05, 3.63) is 53.2 Å². The number of carbonyl (C=O) groups excluding carboxylic acids is 4. The number of rotatable bonds is 3. The number of carbonyl (C=O) groups is 4. The number of pyridine rings is 1. The van der Waals surface area contributed by atoms with E-state index in [4.69, 9.17) is 11.6 Å². The molecule has 1 heterocycles. The highest BCUT2D eigenvalue weighted by Gasteiger charge is 2.61. The zero-order valence-electron chi connectivity index (χ0n) is 18.0. The third kappa shape index (κ3) is 3.49. The number of nitrogens with zero attached hydrogens (tertiary/aromatic N) is 2. The number of thioether (sulfide) groups is 1. The second-order valence-corrected chi connectivity index (χ2v) is 9.95. The minimum absolute atomic E-state index is 0.230. The SMILES string of the molecule is C=C1C(=O)C(C)(C)C(=O)C(C)(C(SC(=O)N(C)C)c2ccc(Cl)c3ncccc23)C1=O. The fourth-order valence-electron chi connectivity index (χ4n) is 3.97. The molecule has 1 saturated carbocycles. The van der Waals surface area contributed by atoms with Gasteiger partial charge in [0.2, 0.25) is 0 Å². The molecule has 0 N–H and O–H groups in total. The van der Waals surface area contributed by atoms with E-state index in [9.17, 15) is 19.2 Å². The molecule has 3 rings (SSSR count). The number of fused-ring (bicyclic) bond motifs is 1. The Kier molecular flexibility index (Phi) is 5.88. The number of hydrogen-bond acceptors (Lipinski definition) is 6. The van der Waals surface area contributed by atoms with E-state index < -0.39 is 33.4 Å². The van der Waals surface area contributed by atoms with Crippen molar-refractivity contribution in [3.8, 4) is 0 Å². The lowest BCUT2D eigenvalue weighted by Crippen LogP contribution is -2.57. The lowest BCUT2D eigenvalue weighted by molar-refractivity contribution is -0.152. The molecule has 0 saturated heterocycles. The largest absolute Gasteiger partial charge is 0.340 e. The van der Waals surface area contributed by atoms with Crippen molar-refractivity contribution in [2.75, 3.05) is 14.1 Å². The van der Waals surface area contributed by atoms with Crippen LogP contribution in [0.4, 0.5) is 4.79 Å². The smallest absolute Gasteiger partial charge is 0.281 e. The molecule has 31 heavy (non-hydrogen) atoms. The van der Waals surface area contributed by atoms with Crippen molar-refractivity contribution in [1.82, 2.24) is 9.88 Å². The van der Waals surface area contributed by atoms with Gasteiger partial charge in [0.05, 0.1) is 26.8 Å². The molecule has 1 aromatic carbocycles. The average molecular weight is 459 g/mol. The number of ketones is 3. The number of amides is 1. The maximum absolute atomic E-state index is 13.6. The number of Topliss-reactive ketones (excluding diaryl/α,β-unsaturated/α-hetero) is 3. The van der Waals surface area contributed by atoms with Crippen LogP contribution in [0, 0.1) is 10.8 Å². The maximum Gasteiger partial charge on any atom is 0.281 e. The van der Waals surface area contributed by atoms with Gasteiger partial charge in [0, 0.05) is 25.7 Å². The van der Waals surface area contributed by atoms with Gasteiger partial charge in [-0.3, -0.25) is 24.2 Å². The van der Waals surface area contributed by atoms with Gasteiger partial charge >= 0.3 is 0 Å². The quantitative estimate of drug-likeness (QED) is 0.378. The molecule has 1 amide bonds. The van der Waals surface area contributed by atoms with Crippen LogP contribution in [0.3, 0.4) is 0 Å². The third-order valence-electron chi connectivity index (χ3n) is 5.77. The Morgan fingerprint density at radius 2 is 1.77 bits per heavy atom. The van der Waals surface area contributed by atoms with Gasteiger partial charge in [-0.1, -0.05) is 42.1 Å². The van der Waals surface area contributed by atoms with Crippen LogP contribution in [-0.2, 0) is 14.4 Å². The first-order valence-corrected chi connectivity index (χ1v) is 10.8. The highest BCUT2D eigenvalue weighted by molar-refractivity contribution is 8.13. The summed E-state index contributed by atoms with van der Waals surface area (Å²) >= 11 is 7.18. The van der Waals surface area contributed by atoms with Gasteiger partial charge in [-0.2, -0.15) is 0 Å². The minimum Gasteiger partial charge on any atom is -0.340 e. The van der Waals surface area contributed by atoms with Crippen molar-refractivity contribution in [2.45, 2.75) is 26.0 Å². The summed E-state index contributed by atoms with van der Waals surface area (Å²) in [6.07, 6.45) is 1.59. The third-order valence-corrected chi connectivity index (χ3v) is 7.60. The van der Waals surface area contributed by atoms with Crippen LogP contribution >= 0.6 is 23.4 Å². The molecule has 6 nitrogen and oxygen atoms in total. The molecule has 1 fully saturated rings. The van der Waals surface area contributed by atoms with Crippen molar-refractivity contribution in [1.29, 1.82) is 0 Å². The summed E-state index contributed by atoms with van der Waals surface area (Å²) < 4.78 is 0. The predicted molar refractivity (Wildman–Crippen MR) is 122 cm³/mol. The molecule has 1 aliphatic rings. The fourth-order valence-corrected chi connectivity index (χ4v) is 5.38. The van der Waals surface area contributed by atoms with Gasteiger partial charge in [0.15, 0.2) is 17.3 Å². The molecular formula is C23H23ClN2O4S. The molecule has 2 aromatic rings. The predicted octanol–water partition coefficient (Wildman–Crippen LogP) is 4.65. The van der Waals surface area contributed by atoms with E-state index in [-0.39, 0.29) is 10.8 Å². The van der Waals surface area contributed by atoms with Crippen LogP contribution in [0.15, 0.2) is 42.6 Å². The summed E-state index contributed by atoms with van der Waals surface area (Å²) in [5, 5.41) is -0.218. The average Bonchev–Trinajstić information content (AvgIpc) is 2.74. The van der Waals surface area contributed by atoms with Crippen LogP contribution < -0.4 is 0 Å². The van der Waals surface area contributed by atoms with E-state index >= 15 is 0 Å². The summed E-state index contributed by atoms with van der Waals surface area (Å²) in [7, 11) is 3.18. The van der Waals surface area contributed by atoms with Crippen LogP contribution in [0.25, 0.3) is 10.9 Å². The zero-order valence-corrected chi connectivity index (χ0v) is 19.6. The van der Waals surface area contributed by atoms with Crippen LogP contribution in [0.5, 0.6) is 0 Å². The standard InChI is InChI=1S/C23H23ClN2O4S/c1-12-17(27)22(2,3)20(29)23(4,18(12)28)19(31-21(30)26(5)6)14-9-10-15(24)16-13(14)8-7-11-25-16/h7-11,19H,1H2,2-6H3. The van der Waals surface area contributed by atoms with Crippen molar-refractivity contribution >= 4 is 56.9 Å². The number of benzene rings is 1. The number of halogens is 1. The van der Waals surface area contributed by atoms with Gasteiger partial charge in [0.25, 0.3) is 5.24 Å². The Morgan fingerprint density at radius 1 is 1.13 bits per heavy atom. The topological polar surface area (TPSA) is 84.4 Å². The molecule has 1 aromatic heterocycles. The maximum atomic E-state index is 13.6. The van der Waals surface area contributed by atoms with Gasteiger partial charge in [0.1, 0.15) is 5.41 Å². The first-order chi connectivity index (χ1) is 14.3. The number of aromatic nitrogens is 1. The van der Waals surface area contributed by atoms with E-state index in [2.05, 4.69) is 11.6 Å². The Balaban J connectivity index is 2.33. The number of allylic oxidation sites excluding steroid dienone is 1. The van der Waals surface area contributed by atoms with Crippen molar-refractivity contribution in [2.24, 2.45) is 10.8 Å². The fraction of sp³-hybridized carbons (Fsp3) is 0.348. The molecule has 0 bridgehead atoms. The highest BCUT2D eigenvalue weighted by atomic mass is 35.5. The van der Waals surface area contributed by atoms with Gasteiger partial charge in [-0.15, -0.1) is 0 Å². The Morgan fingerprint density at radius 3 is 2.39 bits per heavy atom. The summed E-state index contributed by atoms with van der Waals surface area (Å²) in [4.78, 5) is 58.2. The van der Waals surface area contributed by atoms with E-state index in [1.165, 1.54) is 25.7 Å². The van der Waals surface area contributed by atoms with Gasteiger partial charge < -0.3 is 4.90 Å².